The van der Waals surface area contributed by atoms with Gasteiger partial charge in [0.2, 0.25) is 21.8 Å². The summed E-state index contributed by atoms with van der Waals surface area (Å²) in [7, 11) is -3.75. The van der Waals surface area contributed by atoms with E-state index < -0.39 is 34.1 Å². The lowest BCUT2D eigenvalue weighted by molar-refractivity contribution is -0.140. The van der Waals surface area contributed by atoms with Crippen molar-refractivity contribution in [3.05, 3.63) is 64.7 Å². The van der Waals surface area contributed by atoms with Gasteiger partial charge < -0.3 is 10.2 Å². The Kier molecular flexibility index (Phi) is 8.54. The lowest BCUT2D eigenvalue weighted by atomic mass is 10.1. The third-order valence-corrected chi connectivity index (χ3v) is 6.29. The minimum absolute atomic E-state index is 0.125. The fraction of sp³-hybridized carbons (Fsp3) is 0.417. The summed E-state index contributed by atoms with van der Waals surface area (Å²) in [6.45, 7) is 8.73. The first-order valence-corrected chi connectivity index (χ1v) is 12.8. The van der Waals surface area contributed by atoms with E-state index in [1.807, 2.05) is 33.8 Å². The summed E-state index contributed by atoms with van der Waals surface area (Å²) in [5.74, 6) is -0.820. The topological polar surface area (TPSA) is 86.8 Å². The molecule has 1 atom stereocenters. The zero-order valence-corrected chi connectivity index (χ0v) is 21.5. The molecule has 0 heterocycles. The molecule has 0 aliphatic rings. The van der Waals surface area contributed by atoms with E-state index in [1.165, 1.54) is 4.90 Å². The molecule has 0 aromatic heterocycles. The van der Waals surface area contributed by atoms with Crippen molar-refractivity contribution in [1.82, 2.24) is 10.2 Å². The molecule has 0 fully saturated rings. The van der Waals surface area contributed by atoms with Gasteiger partial charge in [0.15, 0.2) is 0 Å². The Labute approximate surface area is 201 Å². The van der Waals surface area contributed by atoms with Crippen LogP contribution >= 0.6 is 11.6 Å². The highest BCUT2D eigenvalue weighted by Gasteiger charge is 2.31. The number of carbonyl (C=O) groups is 2. The molecule has 0 aliphatic heterocycles. The number of benzene rings is 2. The first-order chi connectivity index (χ1) is 15.2. The van der Waals surface area contributed by atoms with E-state index in [-0.39, 0.29) is 12.5 Å². The van der Waals surface area contributed by atoms with Gasteiger partial charge in [-0.05, 0) is 70.0 Å². The monoisotopic (exact) mass is 493 g/mol. The minimum atomic E-state index is -3.75. The van der Waals surface area contributed by atoms with E-state index in [1.54, 1.807) is 49.4 Å². The smallest absolute Gasteiger partial charge is 0.244 e. The Morgan fingerprint density at radius 2 is 1.70 bits per heavy atom. The molecule has 0 spiro atoms. The summed E-state index contributed by atoms with van der Waals surface area (Å²) in [6, 6.07) is 13.0. The second-order valence-electron chi connectivity index (χ2n) is 9.17. The molecule has 0 radical (unpaired) electrons. The maximum atomic E-state index is 13.5. The van der Waals surface area contributed by atoms with Crippen molar-refractivity contribution in [3.63, 3.8) is 0 Å². The van der Waals surface area contributed by atoms with E-state index in [0.717, 1.165) is 21.7 Å². The van der Waals surface area contributed by atoms with E-state index in [0.29, 0.717) is 10.7 Å². The van der Waals surface area contributed by atoms with Gasteiger partial charge in [0.25, 0.3) is 0 Å². The molecule has 7 nitrogen and oxygen atoms in total. The van der Waals surface area contributed by atoms with Crippen molar-refractivity contribution in [2.45, 2.75) is 52.7 Å². The number of hydrogen-bond donors (Lipinski definition) is 1. The average molecular weight is 494 g/mol. The maximum absolute atomic E-state index is 13.5. The fourth-order valence-electron chi connectivity index (χ4n) is 3.24. The molecule has 0 unspecified atom stereocenters. The number of amides is 2. The van der Waals surface area contributed by atoms with Crippen molar-refractivity contribution in [1.29, 1.82) is 0 Å². The number of rotatable bonds is 8. The second-order valence-corrected chi connectivity index (χ2v) is 11.5. The molecule has 180 valence electrons. The Bertz CT molecular complexity index is 1100. The number of nitrogens with zero attached hydrogens (tertiary/aromatic N) is 2. The predicted octanol–water partition coefficient (Wildman–Crippen LogP) is 3.75. The van der Waals surface area contributed by atoms with E-state index in [9.17, 15) is 18.0 Å². The Hall–Kier alpha value is -2.58. The number of anilines is 1. The van der Waals surface area contributed by atoms with Crippen LogP contribution in [0.1, 0.15) is 38.8 Å². The third-order valence-electron chi connectivity index (χ3n) is 4.90. The highest BCUT2D eigenvalue weighted by molar-refractivity contribution is 7.92. The van der Waals surface area contributed by atoms with Gasteiger partial charge >= 0.3 is 0 Å². The van der Waals surface area contributed by atoms with Crippen molar-refractivity contribution in [2.24, 2.45) is 0 Å². The Morgan fingerprint density at radius 1 is 1.09 bits per heavy atom. The van der Waals surface area contributed by atoms with Gasteiger partial charge in [-0.1, -0.05) is 35.9 Å². The Morgan fingerprint density at radius 3 is 2.21 bits per heavy atom. The van der Waals surface area contributed by atoms with Gasteiger partial charge in [0.05, 0.1) is 11.9 Å². The zero-order valence-electron chi connectivity index (χ0n) is 19.9. The first-order valence-electron chi connectivity index (χ1n) is 10.6. The largest absolute Gasteiger partial charge is 0.350 e. The van der Waals surface area contributed by atoms with Gasteiger partial charge in [0, 0.05) is 17.1 Å². The molecule has 33 heavy (non-hydrogen) atoms. The quantitative estimate of drug-likeness (QED) is 0.606. The molecule has 9 heteroatoms. The molecule has 2 aromatic carbocycles. The highest BCUT2D eigenvalue weighted by atomic mass is 35.5. The number of nitrogens with one attached hydrogen (secondary N) is 1. The standard InChI is InChI=1S/C24H32ClN3O4S/c1-17-8-7-9-21(14-17)28(33(6,31)32)16-22(29)27(15-19-10-12-20(25)13-11-19)18(2)23(30)26-24(3,4)5/h7-14,18H,15-16H2,1-6H3,(H,26,30)/t18-/m1/s1. The van der Waals surface area contributed by atoms with Crippen LogP contribution in [0.4, 0.5) is 5.69 Å². The lowest BCUT2D eigenvalue weighted by Gasteiger charge is -2.33. The molecule has 2 aromatic rings. The molecule has 2 amide bonds. The summed E-state index contributed by atoms with van der Waals surface area (Å²) in [4.78, 5) is 27.7. The normalized spacial score (nSPS) is 12.7. The van der Waals surface area contributed by atoms with Crippen LogP contribution in [-0.2, 0) is 26.2 Å². The molecule has 1 N–H and O–H groups in total. The summed E-state index contributed by atoms with van der Waals surface area (Å²) in [6.07, 6.45) is 1.06. The number of carbonyl (C=O) groups excluding carboxylic acids is 2. The van der Waals surface area contributed by atoms with Crippen LogP contribution in [-0.4, -0.2) is 49.5 Å². The van der Waals surface area contributed by atoms with Gasteiger partial charge in [-0.25, -0.2) is 8.42 Å². The molecule has 0 bridgehead atoms. The average Bonchev–Trinajstić information content (AvgIpc) is 2.68. The van der Waals surface area contributed by atoms with E-state index in [4.69, 9.17) is 11.6 Å². The fourth-order valence-corrected chi connectivity index (χ4v) is 4.21. The second kappa shape index (κ2) is 10.6. The van der Waals surface area contributed by atoms with Gasteiger partial charge in [-0.3, -0.25) is 13.9 Å². The van der Waals surface area contributed by atoms with Crippen LogP contribution in [0.25, 0.3) is 0 Å². The summed E-state index contributed by atoms with van der Waals surface area (Å²) in [5.41, 5.74) is 1.54. The van der Waals surface area contributed by atoms with Crippen LogP contribution in [0.3, 0.4) is 0 Å². The number of hydrogen-bond acceptors (Lipinski definition) is 4. The molecule has 0 saturated carbocycles. The van der Waals surface area contributed by atoms with Crippen LogP contribution in [0.15, 0.2) is 48.5 Å². The van der Waals surface area contributed by atoms with Crippen molar-refractivity contribution < 1.29 is 18.0 Å². The number of sulfonamides is 1. The number of halogens is 1. The lowest BCUT2D eigenvalue weighted by Crippen LogP contribution is -2.54. The molecule has 0 aliphatic carbocycles. The van der Waals surface area contributed by atoms with Gasteiger partial charge in [-0.15, -0.1) is 0 Å². The van der Waals surface area contributed by atoms with E-state index in [2.05, 4.69) is 5.32 Å². The predicted molar refractivity (Wildman–Crippen MR) is 133 cm³/mol. The van der Waals surface area contributed by atoms with Crippen LogP contribution in [0.2, 0.25) is 5.02 Å². The van der Waals surface area contributed by atoms with Crippen LogP contribution in [0, 0.1) is 6.92 Å². The maximum Gasteiger partial charge on any atom is 0.244 e. The first kappa shape index (κ1) is 26.7. The van der Waals surface area contributed by atoms with Crippen LogP contribution in [0.5, 0.6) is 0 Å². The zero-order chi connectivity index (χ0) is 25.0. The minimum Gasteiger partial charge on any atom is -0.350 e. The van der Waals surface area contributed by atoms with Gasteiger partial charge in [0.1, 0.15) is 12.6 Å². The van der Waals surface area contributed by atoms with E-state index >= 15 is 0 Å². The Balaban J connectivity index is 2.39. The molecular weight excluding hydrogens is 462 g/mol. The molecular formula is C24H32ClN3O4S. The van der Waals surface area contributed by atoms with Gasteiger partial charge in [-0.2, -0.15) is 0 Å². The van der Waals surface area contributed by atoms with Crippen molar-refractivity contribution in [3.8, 4) is 0 Å². The summed E-state index contributed by atoms with van der Waals surface area (Å²) < 4.78 is 26.2. The van der Waals surface area contributed by atoms with Crippen molar-refractivity contribution in [2.75, 3.05) is 17.1 Å². The van der Waals surface area contributed by atoms with Crippen molar-refractivity contribution >= 4 is 39.1 Å². The SMILES string of the molecule is Cc1cccc(N(CC(=O)N(Cc2ccc(Cl)cc2)[C@H](C)C(=O)NC(C)(C)C)S(C)(=O)=O)c1. The summed E-state index contributed by atoms with van der Waals surface area (Å²) in [5, 5.41) is 3.44. The molecule has 2 rings (SSSR count). The molecule has 0 saturated heterocycles. The third kappa shape index (κ3) is 8.05. The summed E-state index contributed by atoms with van der Waals surface area (Å²) >= 11 is 5.98. The number of aryl methyl sites for hydroxylation is 1. The highest BCUT2D eigenvalue weighted by Crippen LogP contribution is 2.21. The van der Waals surface area contributed by atoms with Crippen LogP contribution < -0.4 is 9.62 Å².